The molecule has 2 nitrogen and oxygen atoms in total. The quantitative estimate of drug-likeness (QED) is 0.524. The Balaban J connectivity index is 0.000000278. The van der Waals surface area contributed by atoms with Crippen molar-refractivity contribution in [1.29, 1.82) is 0 Å². The van der Waals surface area contributed by atoms with E-state index in [0.29, 0.717) is 0 Å². The maximum absolute atomic E-state index is 5.36. The first-order valence-corrected chi connectivity index (χ1v) is 10.6. The second-order valence-corrected chi connectivity index (χ2v) is 8.38. The van der Waals surface area contributed by atoms with E-state index in [9.17, 15) is 0 Å². The highest BCUT2D eigenvalue weighted by Crippen LogP contribution is 2.22. The molecular weight excluding hydrogens is 352 g/mol. The minimum absolute atomic E-state index is 0.235. The Morgan fingerprint density at radius 2 is 1.17 bits per heavy atom. The Bertz CT molecular complexity index is 787. The molecule has 3 rings (SSSR count). The molecular formula is C27H36N2. The number of hydrogen-bond acceptors (Lipinski definition) is 2. The van der Waals surface area contributed by atoms with Gasteiger partial charge in [-0.15, -0.1) is 0 Å². The fourth-order valence-electron chi connectivity index (χ4n) is 3.04. The normalized spacial score (nSPS) is 10.9. The molecule has 0 aliphatic rings. The third-order valence-electron chi connectivity index (χ3n) is 4.86. The minimum Gasteiger partial charge on any atom is -0.330 e. The lowest BCUT2D eigenvalue weighted by Gasteiger charge is -2.19. The number of hydrogen-bond donors (Lipinski definition) is 2. The number of nitrogens with one attached hydrogen (secondary N) is 1. The molecule has 0 aromatic heterocycles. The van der Waals surface area contributed by atoms with Gasteiger partial charge in [-0.1, -0.05) is 106 Å². The summed E-state index contributed by atoms with van der Waals surface area (Å²) in [4.78, 5) is 0. The van der Waals surface area contributed by atoms with Gasteiger partial charge in [0.15, 0.2) is 0 Å². The van der Waals surface area contributed by atoms with Gasteiger partial charge in [-0.05, 0) is 53.6 Å². The predicted molar refractivity (Wildman–Crippen MR) is 126 cm³/mol. The first kappa shape index (κ1) is 22.9. The molecule has 29 heavy (non-hydrogen) atoms. The molecule has 0 aliphatic carbocycles. The maximum atomic E-state index is 5.36. The summed E-state index contributed by atoms with van der Waals surface area (Å²) in [6.45, 7) is 9.45. The summed E-state index contributed by atoms with van der Waals surface area (Å²) in [5.74, 6) is 0. The van der Waals surface area contributed by atoms with Crippen molar-refractivity contribution in [3.05, 3.63) is 107 Å². The van der Waals surface area contributed by atoms with E-state index in [-0.39, 0.29) is 5.41 Å². The molecule has 0 amide bonds. The highest BCUT2D eigenvalue weighted by Gasteiger charge is 2.12. The monoisotopic (exact) mass is 388 g/mol. The summed E-state index contributed by atoms with van der Waals surface area (Å²) in [7, 11) is 0. The van der Waals surface area contributed by atoms with Crippen molar-refractivity contribution in [3.8, 4) is 0 Å². The van der Waals surface area contributed by atoms with Gasteiger partial charge in [-0.25, -0.2) is 0 Å². The Morgan fingerprint density at radius 3 is 1.66 bits per heavy atom. The first-order chi connectivity index (χ1) is 14.0. The molecule has 0 radical (unpaired) electrons. The van der Waals surface area contributed by atoms with Crippen LogP contribution in [0.1, 0.15) is 43.0 Å². The van der Waals surface area contributed by atoms with Crippen LogP contribution in [0, 0.1) is 0 Å². The third-order valence-corrected chi connectivity index (χ3v) is 4.86. The van der Waals surface area contributed by atoms with Gasteiger partial charge in [-0.3, -0.25) is 0 Å². The average molecular weight is 389 g/mol. The zero-order valence-corrected chi connectivity index (χ0v) is 18.2. The summed E-state index contributed by atoms with van der Waals surface area (Å²) in [5.41, 5.74) is 11.1. The topological polar surface area (TPSA) is 38.0 Å². The average Bonchev–Trinajstić information content (AvgIpc) is 2.73. The van der Waals surface area contributed by atoms with Crippen LogP contribution < -0.4 is 11.1 Å². The van der Waals surface area contributed by atoms with Crippen LogP contribution in [0.3, 0.4) is 0 Å². The van der Waals surface area contributed by atoms with Gasteiger partial charge in [0.05, 0.1) is 0 Å². The Hall–Kier alpha value is -2.42. The molecule has 0 spiro atoms. The van der Waals surface area contributed by atoms with Crippen LogP contribution in [-0.4, -0.2) is 13.1 Å². The summed E-state index contributed by atoms with van der Waals surface area (Å²) < 4.78 is 0. The predicted octanol–water partition coefficient (Wildman–Crippen LogP) is 5.50. The van der Waals surface area contributed by atoms with E-state index < -0.39 is 0 Å². The van der Waals surface area contributed by atoms with Crippen molar-refractivity contribution in [1.82, 2.24) is 5.32 Å². The van der Waals surface area contributed by atoms with Crippen LogP contribution in [-0.2, 0) is 24.8 Å². The summed E-state index contributed by atoms with van der Waals surface area (Å²) >= 11 is 0. The van der Waals surface area contributed by atoms with E-state index in [2.05, 4.69) is 92.8 Å². The van der Waals surface area contributed by atoms with Crippen molar-refractivity contribution in [2.24, 2.45) is 5.73 Å². The van der Waals surface area contributed by atoms with Crippen LogP contribution >= 0.6 is 0 Å². The van der Waals surface area contributed by atoms with E-state index in [4.69, 9.17) is 5.73 Å². The largest absolute Gasteiger partial charge is 0.330 e. The molecule has 0 bridgehead atoms. The smallest absolute Gasteiger partial charge is 0.0205 e. The number of rotatable bonds is 7. The van der Waals surface area contributed by atoms with Crippen molar-refractivity contribution >= 4 is 0 Å². The van der Waals surface area contributed by atoms with Crippen molar-refractivity contribution in [2.75, 3.05) is 13.1 Å². The molecule has 3 aromatic rings. The van der Waals surface area contributed by atoms with Crippen molar-refractivity contribution < 1.29 is 0 Å². The molecule has 0 atom stereocenters. The fourth-order valence-corrected chi connectivity index (χ4v) is 3.04. The number of benzene rings is 3. The highest BCUT2D eigenvalue weighted by atomic mass is 14.8. The molecule has 3 N–H and O–H groups in total. The third kappa shape index (κ3) is 9.08. The van der Waals surface area contributed by atoms with Crippen LogP contribution in [0.25, 0.3) is 0 Å². The van der Waals surface area contributed by atoms with Gasteiger partial charge in [0, 0.05) is 6.54 Å². The zero-order valence-electron chi connectivity index (χ0n) is 18.2. The summed E-state index contributed by atoms with van der Waals surface area (Å²) in [5, 5.41) is 3.51. The van der Waals surface area contributed by atoms with Gasteiger partial charge in [0.2, 0.25) is 0 Å². The lowest BCUT2D eigenvalue weighted by Crippen LogP contribution is -2.17. The lowest BCUT2D eigenvalue weighted by molar-refractivity contribution is 0.589. The van der Waals surface area contributed by atoms with Crippen LogP contribution in [0.15, 0.2) is 84.9 Å². The van der Waals surface area contributed by atoms with E-state index in [1.54, 1.807) is 0 Å². The SMILES string of the molecule is CC(C)(C)c1ccc(CNCCc2ccccc2)cc1.NCCc1ccccc1. The Morgan fingerprint density at radius 1 is 0.655 bits per heavy atom. The molecule has 0 unspecified atom stereocenters. The van der Waals surface area contributed by atoms with Crippen LogP contribution in [0.2, 0.25) is 0 Å². The van der Waals surface area contributed by atoms with Gasteiger partial charge >= 0.3 is 0 Å². The van der Waals surface area contributed by atoms with E-state index in [0.717, 1.165) is 32.5 Å². The molecule has 0 aliphatic heterocycles. The van der Waals surface area contributed by atoms with Gasteiger partial charge in [-0.2, -0.15) is 0 Å². The molecule has 0 saturated heterocycles. The molecule has 0 saturated carbocycles. The molecule has 3 aromatic carbocycles. The van der Waals surface area contributed by atoms with E-state index in [1.807, 2.05) is 18.2 Å². The first-order valence-electron chi connectivity index (χ1n) is 10.6. The Labute approximate surface area is 177 Å². The Kier molecular flexibility index (Phi) is 9.63. The standard InChI is InChI=1S/C19H25N.C8H11N/c1-19(2,3)18-11-9-17(10-12-18)15-20-14-13-16-7-5-4-6-8-16;9-7-6-8-4-2-1-3-5-8/h4-12,20H,13-15H2,1-3H3;1-5H,6-7,9H2. The van der Waals surface area contributed by atoms with Crippen molar-refractivity contribution in [2.45, 2.75) is 45.6 Å². The molecule has 0 fully saturated rings. The van der Waals surface area contributed by atoms with E-state index in [1.165, 1.54) is 22.3 Å². The maximum Gasteiger partial charge on any atom is 0.0205 e. The molecule has 0 heterocycles. The molecule has 154 valence electrons. The second-order valence-electron chi connectivity index (χ2n) is 8.38. The minimum atomic E-state index is 0.235. The van der Waals surface area contributed by atoms with Crippen LogP contribution in [0.4, 0.5) is 0 Å². The van der Waals surface area contributed by atoms with Crippen molar-refractivity contribution in [3.63, 3.8) is 0 Å². The highest BCUT2D eigenvalue weighted by molar-refractivity contribution is 5.27. The van der Waals surface area contributed by atoms with Crippen LogP contribution in [0.5, 0.6) is 0 Å². The second kappa shape index (κ2) is 12.2. The van der Waals surface area contributed by atoms with Gasteiger partial charge in [0.1, 0.15) is 0 Å². The van der Waals surface area contributed by atoms with Gasteiger partial charge < -0.3 is 11.1 Å². The van der Waals surface area contributed by atoms with E-state index >= 15 is 0 Å². The summed E-state index contributed by atoms with van der Waals surface area (Å²) in [6.07, 6.45) is 2.07. The molecule has 2 heteroatoms. The van der Waals surface area contributed by atoms with Gasteiger partial charge in [0.25, 0.3) is 0 Å². The summed E-state index contributed by atoms with van der Waals surface area (Å²) in [6, 6.07) is 29.8. The number of nitrogens with two attached hydrogens (primary N) is 1. The fraction of sp³-hybridized carbons (Fsp3) is 0.333. The lowest BCUT2D eigenvalue weighted by atomic mass is 9.87. The zero-order chi connectivity index (χ0) is 21.0.